The molecule has 132 valence electrons. The number of hydrogen-bond acceptors (Lipinski definition) is 5. The van der Waals surface area contributed by atoms with Gasteiger partial charge in [0, 0.05) is 43.4 Å². The number of halogens is 2. The number of nitrogens with zero attached hydrogens (tertiary/aromatic N) is 4. The Balaban J connectivity index is 1.88. The summed E-state index contributed by atoms with van der Waals surface area (Å²) in [6.07, 6.45) is 0.975. The summed E-state index contributed by atoms with van der Waals surface area (Å²) in [6, 6.07) is 0.0830. The number of hydrogen-bond donors (Lipinski definition) is 1. The number of likely N-dealkylation sites (tertiary alicyclic amines) is 1. The number of alkyl halides is 2. The largest absolute Gasteiger partial charge is 0.355 e. The first kappa shape index (κ1) is 17.0. The average molecular weight is 339 g/mol. The summed E-state index contributed by atoms with van der Waals surface area (Å²) in [5.41, 5.74) is 7.53. The van der Waals surface area contributed by atoms with E-state index in [0.717, 1.165) is 23.4 Å². The number of amides is 1. The topological polar surface area (TPSA) is 75.4 Å². The fourth-order valence-corrected chi connectivity index (χ4v) is 3.28. The van der Waals surface area contributed by atoms with Gasteiger partial charge in [-0.05, 0) is 26.7 Å². The number of rotatable bonds is 2. The van der Waals surface area contributed by atoms with Crippen molar-refractivity contribution in [2.45, 2.75) is 45.1 Å². The Morgan fingerprint density at radius 3 is 2.67 bits per heavy atom. The Labute approximate surface area is 140 Å². The highest BCUT2D eigenvalue weighted by Crippen LogP contribution is 2.28. The molecule has 8 heteroatoms. The second-order valence-electron chi connectivity index (χ2n) is 6.76. The highest BCUT2D eigenvalue weighted by atomic mass is 19.3. The molecule has 2 saturated heterocycles. The fraction of sp³-hybridized carbons (Fsp3) is 0.688. The number of anilines is 1. The van der Waals surface area contributed by atoms with Gasteiger partial charge in [-0.15, -0.1) is 0 Å². The van der Waals surface area contributed by atoms with E-state index in [-0.39, 0.29) is 24.7 Å². The van der Waals surface area contributed by atoms with Crippen molar-refractivity contribution in [1.82, 2.24) is 14.9 Å². The van der Waals surface area contributed by atoms with Crippen LogP contribution in [0.1, 0.15) is 41.1 Å². The van der Waals surface area contributed by atoms with Crippen molar-refractivity contribution in [3.05, 3.63) is 17.1 Å². The first-order valence-electron chi connectivity index (χ1n) is 8.30. The van der Waals surface area contributed by atoms with Crippen molar-refractivity contribution in [3.63, 3.8) is 0 Å². The van der Waals surface area contributed by atoms with Gasteiger partial charge in [0.2, 0.25) is 5.82 Å². The molecule has 0 aliphatic carbocycles. The second-order valence-corrected chi connectivity index (χ2v) is 6.76. The number of aromatic nitrogens is 2. The van der Waals surface area contributed by atoms with Crippen LogP contribution in [-0.2, 0) is 0 Å². The van der Waals surface area contributed by atoms with Gasteiger partial charge in [0.05, 0.1) is 6.54 Å². The average Bonchev–Trinajstić information content (AvgIpc) is 2.94. The molecule has 1 amide bonds. The highest BCUT2D eigenvalue weighted by Gasteiger charge is 2.38. The maximum Gasteiger partial charge on any atom is 0.291 e. The van der Waals surface area contributed by atoms with Gasteiger partial charge in [-0.3, -0.25) is 4.79 Å². The van der Waals surface area contributed by atoms with E-state index in [1.807, 2.05) is 11.8 Å². The van der Waals surface area contributed by atoms with Crippen molar-refractivity contribution >= 4 is 11.7 Å². The quantitative estimate of drug-likeness (QED) is 0.884. The molecule has 1 aromatic rings. The summed E-state index contributed by atoms with van der Waals surface area (Å²) in [4.78, 5) is 24.4. The number of nitrogens with two attached hydrogens (primary N) is 1. The maximum atomic E-state index is 13.6. The Kier molecular flexibility index (Phi) is 4.42. The molecule has 0 aromatic carbocycles. The molecule has 2 aliphatic heterocycles. The molecule has 2 aliphatic rings. The Bertz CT molecular complexity index is 652. The smallest absolute Gasteiger partial charge is 0.291 e. The van der Waals surface area contributed by atoms with E-state index in [4.69, 9.17) is 5.73 Å². The van der Waals surface area contributed by atoms with Crippen LogP contribution in [0.15, 0.2) is 0 Å². The summed E-state index contributed by atoms with van der Waals surface area (Å²) in [7, 11) is 0. The van der Waals surface area contributed by atoms with Gasteiger partial charge < -0.3 is 15.5 Å². The molecule has 0 spiro atoms. The molecule has 1 atom stereocenters. The standard InChI is InChI=1S/C16H23F2N5O/c1-10-11(2)20-13(21-14(10)22-7-4-12(19)8-22)15(24)23-6-3-5-16(17,18)9-23/h12H,3-9,19H2,1-2H3/t12-/m1/s1. The lowest BCUT2D eigenvalue weighted by Gasteiger charge is -2.32. The van der Waals surface area contributed by atoms with Crippen molar-refractivity contribution in [2.75, 3.05) is 31.1 Å². The van der Waals surface area contributed by atoms with Crippen molar-refractivity contribution < 1.29 is 13.6 Å². The van der Waals surface area contributed by atoms with Gasteiger partial charge in [0.1, 0.15) is 5.82 Å². The van der Waals surface area contributed by atoms with Crippen molar-refractivity contribution in [3.8, 4) is 0 Å². The van der Waals surface area contributed by atoms with Crippen LogP contribution in [0.4, 0.5) is 14.6 Å². The molecule has 2 fully saturated rings. The van der Waals surface area contributed by atoms with Crippen LogP contribution in [-0.4, -0.2) is 58.9 Å². The molecule has 24 heavy (non-hydrogen) atoms. The number of carbonyl (C=O) groups excluding carboxylic acids is 1. The molecular formula is C16H23F2N5O. The van der Waals surface area contributed by atoms with Gasteiger partial charge in [-0.25, -0.2) is 18.7 Å². The van der Waals surface area contributed by atoms with Crippen LogP contribution < -0.4 is 10.6 Å². The number of aryl methyl sites for hydroxylation is 1. The molecule has 3 rings (SSSR count). The number of piperidine rings is 1. The minimum Gasteiger partial charge on any atom is -0.355 e. The summed E-state index contributed by atoms with van der Waals surface area (Å²) < 4.78 is 27.2. The van der Waals surface area contributed by atoms with Crippen LogP contribution in [0.5, 0.6) is 0 Å². The summed E-state index contributed by atoms with van der Waals surface area (Å²) in [5.74, 6) is -2.69. The van der Waals surface area contributed by atoms with Crippen molar-refractivity contribution in [2.24, 2.45) is 5.73 Å². The second kappa shape index (κ2) is 6.23. The van der Waals surface area contributed by atoms with Crippen LogP contribution in [0.2, 0.25) is 0 Å². The highest BCUT2D eigenvalue weighted by molar-refractivity contribution is 5.91. The number of carbonyl (C=O) groups is 1. The first-order valence-corrected chi connectivity index (χ1v) is 8.30. The lowest BCUT2D eigenvalue weighted by Crippen LogP contribution is -2.46. The van der Waals surface area contributed by atoms with E-state index in [0.29, 0.717) is 24.6 Å². The van der Waals surface area contributed by atoms with Gasteiger partial charge in [0.15, 0.2) is 0 Å². The summed E-state index contributed by atoms with van der Waals surface area (Å²) in [6.45, 7) is 4.90. The zero-order chi connectivity index (χ0) is 17.5. The zero-order valence-electron chi connectivity index (χ0n) is 14.1. The molecule has 0 saturated carbocycles. The van der Waals surface area contributed by atoms with E-state index in [1.165, 1.54) is 0 Å². The predicted molar refractivity (Wildman–Crippen MR) is 86.4 cm³/mol. The molecule has 0 bridgehead atoms. The molecule has 0 radical (unpaired) electrons. The van der Waals surface area contributed by atoms with Gasteiger partial charge >= 0.3 is 0 Å². The van der Waals surface area contributed by atoms with E-state index in [9.17, 15) is 13.6 Å². The Morgan fingerprint density at radius 2 is 2.04 bits per heavy atom. The minimum absolute atomic E-state index is 0.00808. The lowest BCUT2D eigenvalue weighted by molar-refractivity contribution is -0.0562. The third-order valence-corrected chi connectivity index (χ3v) is 4.76. The zero-order valence-corrected chi connectivity index (χ0v) is 14.1. The van der Waals surface area contributed by atoms with Gasteiger partial charge in [-0.2, -0.15) is 0 Å². The lowest BCUT2D eigenvalue weighted by atomic mass is 10.1. The molecule has 0 unspecified atom stereocenters. The molecular weight excluding hydrogens is 316 g/mol. The molecule has 1 aromatic heterocycles. The monoisotopic (exact) mass is 339 g/mol. The minimum atomic E-state index is -2.84. The van der Waals surface area contributed by atoms with E-state index in [1.54, 1.807) is 6.92 Å². The Hall–Kier alpha value is -1.83. The Morgan fingerprint density at radius 1 is 1.29 bits per heavy atom. The molecule has 2 N–H and O–H groups in total. The van der Waals surface area contributed by atoms with E-state index >= 15 is 0 Å². The SMILES string of the molecule is Cc1nc(C(=O)N2CCCC(F)(F)C2)nc(N2CC[C@@H](N)C2)c1C. The molecule has 3 heterocycles. The third-order valence-electron chi connectivity index (χ3n) is 4.76. The summed E-state index contributed by atoms with van der Waals surface area (Å²) in [5, 5.41) is 0. The third kappa shape index (κ3) is 3.33. The fourth-order valence-electron chi connectivity index (χ4n) is 3.28. The molecule has 6 nitrogen and oxygen atoms in total. The normalized spacial score (nSPS) is 23.6. The van der Waals surface area contributed by atoms with Crippen molar-refractivity contribution in [1.29, 1.82) is 0 Å². The maximum absolute atomic E-state index is 13.6. The first-order chi connectivity index (χ1) is 11.3. The van der Waals surface area contributed by atoms with Crippen LogP contribution in [0, 0.1) is 13.8 Å². The van der Waals surface area contributed by atoms with Crippen LogP contribution >= 0.6 is 0 Å². The summed E-state index contributed by atoms with van der Waals surface area (Å²) >= 11 is 0. The van der Waals surface area contributed by atoms with Gasteiger partial charge in [-0.1, -0.05) is 0 Å². The van der Waals surface area contributed by atoms with Gasteiger partial charge in [0.25, 0.3) is 11.8 Å². The van der Waals surface area contributed by atoms with Crippen LogP contribution in [0.25, 0.3) is 0 Å². The van der Waals surface area contributed by atoms with E-state index < -0.39 is 18.4 Å². The van der Waals surface area contributed by atoms with E-state index in [2.05, 4.69) is 9.97 Å². The predicted octanol–water partition coefficient (Wildman–Crippen LogP) is 1.50. The van der Waals surface area contributed by atoms with Crippen LogP contribution in [0.3, 0.4) is 0 Å².